The molecule has 18 heavy (non-hydrogen) atoms. The third-order valence-electron chi connectivity index (χ3n) is 3.36. The molecule has 0 aromatic heterocycles. The van der Waals surface area contributed by atoms with Gasteiger partial charge in [0.15, 0.2) is 0 Å². The molecule has 1 aliphatic rings. The van der Waals surface area contributed by atoms with E-state index in [0.29, 0.717) is 24.1 Å². The van der Waals surface area contributed by atoms with E-state index >= 15 is 0 Å². The maximum Gasteiger partial charge on any atom is 0.274 e. The first-order chi connectivity index (χ1) is 8.42. The van der Waals surface area contributed by atoms with Gasteiger partial charge in [-0.05, 0) is 32.3 Å². The number of amides is 1. The van der Waals surface area contributed by atoms with Crippen LogP contribution in [0.1, 0.15) is 24.8 Å². The number of aryl methyl sites for hydroxylation is 1. The SMILES string of the molecule is Cc1ccc(NC(=O)C2(N)CCC2)cc1[N+](=O)[O-]. The largest absolute Gasteiger partial charge is 0.324 e. The number of nitrogens with one attached hydrogen (secondary N) is 1. The van der Waals surface area contributed by atoms with Gasteiger partial charge in [0.25, 0.3) is 5.69 Å². The standard InChI is InChI=1S/C12H15N3O3/c1-8-3-4-9(7-10(8)15(17)18)14-11(16)12(13)5-2-6-12/h3-4,7H,2,5-6,13H2,1H3,(H,14,16). The third kappa shape index (κ3) is 2.19. The first-order valence-corrected chi connectivity index (χ1v) is 5.78. The van der Waals surface area contributed by atoms with Crippen molar-refractivity contribution < 1.29 is 9.72 Å². The van der Waals surface area contributed by atoms with Crippen molar-refractivity contribution in [2.24, 2.45) is 5.73 Å². The monoisotopic (exact) mass is 249 g/mol. The Labute approximate surface area is 104 Å². The fourth-order valence-electron chi connectivity index (χ4n) is 1.92. The highest BCUT2D eigenvalue weighted by Gasteiger charge is 2.40. The summed E-state index contributed by atoms with van der Waals surface area (Å²) in [6.45, 7) is 1.65. The Hall–Kier alpha value is -1.95. The van der Waals surface area contributed by atoms with Crippen molar-refractivity contribution in [3.05, 3.63) is 33.9 Å². The van der Waals surface area contributed by atoms with Crippen molar-refractivity contribution in [2.75, 3.05) is 5.32 Å². The van der Waals surface area contributed by atoms with Crippen molar-refractivity contribution in [2.45, 2.75) is 31.7 Å². The summed E-state index contributed by atoms with van der Waals surface area (Å²) >= 11 is 0. The fourth-order valence-corrected chi connectivity index (χ4v) is 1.92. The summed E-state index contributed by atoms with van der Waals surface area (Å²) < 4.78 is 0. The van der Waals surface area contributed by atoms with Gasteiger partial charge in [-0.25, -0.2) is 0 Å². The van der Waals surface area contributed by atoms with Crippen LogP contribution in [0.5, 0.6) is 0 Å². The lowest BCUT2D eigenvalue weighted by molar-refractivity contribution is -0.385. The minimum absolute atomic E-state index is 0.00696. The quantitative estimate of drug-likeness (QED) is 0.629. The summed E-state index contributed by atoms with van der Waals surface area (Å²) in [5.74, 6) is -0.271. The van der Waals surface area contributed by atoms with E-state index in [4.69, 9.17) is 5.73 Å². The van der Waals surface area contributed by atoms with Crippen LogP contribution in [-0.4, -0.2) is 16.4 Å². The number of nitro benzene ring substituents is 1. The lowest BCUT2D eigenvalue weighted by atomic mass is 9.77. The van der Waals surface area contributed by atoms with Gasteiger partial charge in [0, 0.05) is 17.3 Å². The second-order valence-electron chi connectivity index (χ2n) is 4.72. The smallest absolute Gasteiger partial charge is 0.274 e. The zero-order valence-corrected chi connectivity index (χ0v) is 10.1. The number of benzene rings is 1. The maximum atomic E-state index is 11.9. The molecule has 1 amide bonds. The summed E-state index contributed by atoms with van der Waals surface area (Å²) in [6, 6.07) is 4.61. The second-order valence-corrected chi connectivity index (χ2v) is 4.72. The molecule has 6 nitrogen and oxygen atoms in total. The first kappa shape index (κ1) is 12.5. The minimum Gasteiger partial charge on any atom is -0.324 e. The molecule has 3 N–H and O–H groups in total. The predicted octanol–water partition coefficient (Wildman–Crippen LogP) is 1.72. The molecule has 0 bridgehead atoms. The molecule has 0 radical (unpaired) electrons. The summed E-state index contributed by atoms with van der Waals surface area (Å²) in [6.07, 6.45) is 2.26. The van der Waals surface area contributed by atoms with Crippen molar-refractivity contribution in [3.63, 3.8) is 0 Å². The molecule has 1 aromatic carbocycles. The van der Waals surface area contributed by atoms with Crippen LogP contribution in [0.25, 0.3) is 0 Å². The molecule has 0 unspecified atom stereocenters. The molecule has 1 fully saturated rings. The normalized spacial score (nSPS) is 16.8. The Bertz CT molecular complexity index is 509. The number of nitrogens with zero attached hydrogens (tertiary/aromatic N) is 1. The molecule has 1 saturated carbocycles. The van der Waals surface area contributed by atoms with Crippen LogP contribution in [0.3, 0.4) is 0 Å². The van der Waals surface area contributed by atoms with E-state index in [1.165, 1.54) is 6.07 Å². The Morgan fingerprint density at radius 3 is 2.67 bits per heavy atom. The molecular formula is C12H15N3O3. The van der Waals surface area contributed by atoms with E-state index in [1.807, 2.05) is 0 Å². The van der Waals surface area contributed by atoms with Crippen LogP contribution in [0.2, 0.25) is 0 Å². The highest BCUT2D eigenvalue weighted by atomic mass is 16.6. The van der Waals surface area contributed by atoms with Crippen LogP contribution in [0.15, 0.2) is 18.2 Å². The number of carbonyl (C=O) groups is 1. The number of carbonyl (C=O) groups excluding carboxylic acids is 1. The molecular weight excluding hydrogens is 234 g/mol. The van der Waals surface area contributed by atoms with E-state index in [0.717, 1.165) is 6.42 Å². The molecule has 0 heterocycles. The predicted molar refractivity (Wildman–Crippen MR) is 67.2 cm³/mol. The Morgan fingerprint density at radius 1 is 1.50 bits per heavy atom. The highest BCUT2D eigenvalue weighted by Crippen LogP contribution is 2.31. The van der Waals surface area contributed by atoms with Crippen molar-refractivity contribution in [1.29, 1.82) is 0 Å². The second kappa shape index (κ2) is 4.38. The van der Waals surface area contributed by atoms with Crippen molar-refractivity contribution in [1.82, 2.24) is 0 Å². The van der Waals surface area contributed by atoms with E-state index in [1.54, 1.807) is 19.1 Å². The molecule has 0 saturated heterocycles. The van der Waals surface area contributed by atoms with Gasteiger partial charge in [0.05, 0.1) is 10.5 Å². The molecule has 0 atom stereocenters. The van der Waals surface area contributed by atoms with E-state index in [9.17, 15) is 14.9 Å². The van der Waals surface area contributed by atoms with E-state index < -0.39 is 10.5 Å². The van der Waals surface area contributed by atoms with Crippen LogP contribution in [0, 0.1) is 17.0 Å². The third-order valence-corrected chi connectivity index (χ3v) is 3.36. The summed E-state index contributed by atoms with van der Waals surface area (Å²) in [5, 5.41) is 13.4. The van der Waals surface area contributed by atoms with Crippen molar-refractivity contribution in [3.8, 4) is 0 Å². The minimum atomic E-state index is -0.806. The van der Waals surface area contributed by atoms with Gasteiger partial charge in [-0.3, -0.25) is 14.9 Å². The molecule has 1 aliphatic carbocycles. The zero-order valence-electron chi connectivity index (χ0n) is 10.1. The first-order valence-electron chi connectivity index (χ1n) is 5.78. The number of hydrogen-bond acceptors (Lipinski definition) is 4. The molecule has 96 valence electrons. The summed E-state index contributed by atoms with van der Waals surface area (Å²) in [4.78, 5) is 22.2. The van der Waals surface area contributed by atoms with Gasteiger partial charge < -0.3 is 11.1 Å². The highest BCUT2D eigenvalue weighted by molar-refractivity contribution is 5.98. The molecule has 0 aliphatic heterocycles. The Balaban J connectivity index is 2.17. The number of nitrogens with two attached hydrogens (primary N) is 1. The van der Waals surface area contributed by atoms with Gasteiger partial charge in [-0.1, -0.05) is 6.07 Å². The lowest BCUT2D eigenvalue weighted by Crippen LogP contribution is -2.56. The molecule has 1 aromatic rings. The molecule has 2 rings (SSSR count). The average Bonchev–Trinajstić information content (AvgIpc) is 2.28. The number of nitro groups is 1. The van der Waals surface area contributed by atoms with Crippen LogP contribution < -0.4 is 11.1 Å². The van der Waals surface area contributed by atoms with Gasteiger partial charge >= 0.3 is 0 Å². The average molecular weight is 249 g/mol. The summed E-state index contributed by atoms with van der Waals surface area (Å²) in [7, 11) is 0. The van der Waals surface area contributed by atoms with Crippen molar-refractivity contribution >= 4 is 17.3 Å². The topological polar surface area (TPSA) is 98.3 Å². The van der Waals surface area contributed by atoms with Gasteiger partial charge in [-0.15, -0.1) is 0 Å². The number of rotatable bonds is 3. The van der Waals surface area contributed by atoms with Gasteiger partial charge in [0.2, 0.25) is 5.91 Å². The van der Waals surface area contributed by atoms with Crippen LogP contribution in [0.4, 0.5) is 11.4 Å². The molecule has 6 heteroatoms. The fraction of sp³-hybridized carbons (Fsp3) is 0.417. The Morgan fingerprint density at radius 2 is 2.17 bits per heavy atom. The molecule has 0 spiro atoms. The van der Waals surface area contributed by atoms with E-state index in [2.05, 4.69) is 5.32 Å². The van der Waals surface area contributed by atoms with E-state index in [-0.39, 0.29) is 11.6 Å². The number of anilines is 1. The number of hydrogen-bond donors (Lipinski definition) is 2. The maximum absolute atomic E-state index is 11.9. The lowest BCUT2D eigenvalue weighted by Gasteiger charge is -2.36. The zero-order chi connectivity index (χ0) is 13.3. The van der Waals surface area contributed by atoms with Gasteiger partial charge in [0.1, 0.15) is 0 Å². The summed E-state index contributed by atoms with van der Waals surface area (Å²) in [5.41, 5.74) is 6.03. The van der Waals surface area contributed by atoms with Gasteiger partial charge in [-0.2, -0.15) is 0 Å². The van der Waals surface area contributed by atoms with Crippen LogP contribution >= 0.6 is 0 Å². The van der Waals surface area contributed by atoms with Crippen LogP contribution in [-0.2, 0) is 4.79 Å². The Kier molecular flexibility index (Phi) is 3.04.